The molecule has 1 aliphatic heterocycles. The van der Waals surface area contributed by atoms with Crippen molar-refractivity contribution in [1.29, 1.82) is 0 Å². The Morgan fingerprint density at radius 1 is 1.00 bits per heavy atom. The largest absolute Gasteiger partial charge is 0.393 e. The predicted molar refractivity (Wildman–Crippen MR) is 67.4 cm³/mol. The maximum absolute atomic E-state index is 9.86. The summed E-state index contributed by atoms with van der Waals surface area (Å²) >= 11 is 0. The third-order valence-corrected chi connectivity index (χ3v) is 4.43. The van der Waals surface area contributed by atoms with Gasteiger partial charge in [0.05, 0.1) is 6.10 Å². The molecule has 4 atom stereocenters. The van der Waals surface area contributed by atoms with Gasteiger partial charge in [0.25, 0.3) is 0 Å². The molecule has 1 heterocycles. The third kappa shape index (κ3) is 1.80. The molecule has 0 aromatic heterocycles. The third-order valence-electron chi connectivity index (χ3n) is 4.43. The van der Waals surface area contributed by atoms with Crippen molar-refractivity contribution < 1.29 is 5.11 Å². The number of hydrogen-bond acceptors (Lipinski definition) is 2. The van der Waals surface area contributed by atoms with Crippen LogP contribution in [0.3, 0.4) is 0 Å². The number of nitrogens with zero attached hydrogens (tertiary/aromatic N) is 1. The highest BCUT2D eigenvalue weighted by molar-refractivity contribution is 5.10. The molecule has 1 saturated carbocycles. The van der Waals surface area contributed by atoms with Gasteiger partial charge in [0.1, 0.15) is 0 Å². The van der Waals surface area contributed by atoms with Gasteiger partial charge in [-0.15, -0.1) is 0 Å². The zero-order chi connectivity index (χ0) is 12.3. The van der Waals surface area contributed by atoms with E-state index in [1.165, 1.54) is 6.42 Å². The lowest BCUT2D eigenvalue weighted by Crippen LogP contribution is -2.58. The lowest BCUT2D eigenvalue weighted by molar-refractivity contribution is -0.0591. The molecule has 0 radical (unpaired) electrons. The lowest BCUT2D eigenvalue weighted by atomic mass is 9.75. The van der Waals surface area contributed by atoms with Gasteiger partial charge in [0.2, 0.25) is 0 Å². The molecule has 1 aliphatic carbocycles. The molecule has 0 amide bonds. The van der Waals surface area contributed by atoms with E-state index in [0.29, 0.717) is 23.4 Å². The summed E-state index contributed by atoms with van der Waals surface area (Å²) in [6.45, 7) is 13.9. The SMILES string of the molecule is CC(C)(C)[C@@H]1C[C@H]2C(O)C[C@H]2N1C(C)(C)C. The Labute approximate surface area is 100 Å². The summed E-state index contributed by atoms with van der Waals surface area (Å²) in [6.07, 6.45) is 2.11. The van der Waals surface area contributed by atoms with E-state index in [0.717, 1.165) is 6.42 Å². The summed E-state index contributed by atoms with van der Waals surface area (Å²) in [6, 6.07) is 1.24. The van der Waals surface area contributed by atoms with Gasteiger partial charge in [0, 0.05) is 23.5 Å². The van der Waals surface area contributed by atoms with E-state index in [4.69, 9.17) is 0 Å². The van der Waals surface area contributed by atoms with Gasteiger partial charge in [-0.3, -0.25) is 4.90 Å². The van der Waals surface area contributed by atoms with Crippen LogP contribution in [0.4, 0.5) is 0 Å². The summed E-state index contributed by atoms with van der Waals surface area (Å²) in [5.74, 6) is 0.531. The van der Waals surface area contributed by atoms with Crippen LogP contribution in [0.2, 0.25) is 0 Å². The monoisotopic (exact) mass is 225 g/mol. The Bertz CT molecular complexity index is 273. The quantitative estimate of drug-likeness (QED) is 0.685. The number of aliphatic hydroxyl groups excluding tert-OH is 1. The number of likely N-dealkylation sites (tertiary alicyclic amines) is 1. The standard InChI is InChI=1S/C14H27NO/c1-13(2,3)12-7-9-10(8-11(9)16)15(12)14(4,5)6/h9-12,16H,7-8H2,1-6H3/t9-,10-,11?,12+/m1/s1. The molecule has 2 heteroatoms. The second kappa shape index (κ2) is 3.46. The van der Waals surface area contributed by atoms with Gasteiger partial charge in [-0.25, -0.2) is 0 Å². The van der Waals surface area contributed by atoms with E-state index >= 15 is 0 Å². The van der Waals surface area contributed by atoms with Crippen LogP contribution in [0.25, 0.3) is 0 Å². The van der Waals surface area contributed by atoms with Crippen LogP contribution >= 0.6 is 0 Å². The topological polar surface area (TPSA) is 23.5 Å². The molecule has 2 nitrogen and oxygen atoms in total. The van der Waals surface area contributed by atoms with Gasteiger partial charge in [0.15, 0.2) is 0 Å². The molecule has 2 rings (SSSR count). The van der Waals surface area contributed by atoms with Crippen LogP contribution in [-0.2, 0) is 0 Å². The van der Waals surface area contributed by atoms with Gasteiger partial charge in [-0.2, -0.15) is 0 Å². The van der Waals surface area contributed by atoms with Crippen LogP contribution in [0.1, 0.15) is 54.4 Å². The van der Waals surface area contributed by atoms with E-state index in [1.54, 1.807) is 0 Å². The smallest absolute Gasteiger partial charge is 0.0599 e. The molecule has 2 aliphatic rings. The maximum atomic E-state index is 9.86. The van der Waals surface area contributed by atoms with Crippen LogP contribution in [0, 0.1) is 11.3 Å². The Morgan fingerprint density at radius 3 is 1.94 bits per heavy atom. The Morgan fingerprint density at radius 2 is 1.56 bits per heavy atom. The molecule has 2 fully saturated rings. The average Bonchev–Trinajstić information content (AvgIpc) is 2.35. The summed E-state index contributed by atoms with van der Waals surface area (Å²) < 4.78 is 0. The van der Waals surface area contributed by atoms with Crippen molar-refractivity contribution in [3.63, 3.8) is 0 Å². The van der Waals surface area contributed by atoms with E-state index < -0.39 is 0 Å². The van der Waals surface area contributed by atoms with E-state index in [1.807, 2.05) is 0 Å². The second-order valence-electron chi connectivity index (χ2n) is 7.73. The molecule has 16 heavy (non-hydrogen) atoms. The molecule has 1 N–H and O–H groups in total. The van der Waals surface area contributed by atoms with Crippen LogP contribution in [-0.4, -0.2) is 33.7 Å². The van der Waals surface area contributed by atoms with Gasteiger partial charge < -0.3 is 5.11 Å². The minimum absolute atomic E-state index is 0.0396. The highest BCUT2D eigenvalue weighted by Gasteiger charge is 2.56. The van der Waals surface area contributed by atoms with Crippen LogP contribution < -0.4 is 0 Å². The molecule has 94 valence electrons. The fourth-order valence-electron chi connectivity index (χ4n) is 3.63. The summed E-state index contributed by atoms with van der Waals surface area (Å²) in [4.78, 5) is 2.67. The fraction of sp³-hybridized carbons (Fsp3) is 1.00. The Kier molecular flexibility index (Phi) is 2.67. The first-order valence-electron chi connectivity index (χ1n) is 6.59. The minimum atomic E-state index is -0.0396. The van der Waals surface area contributed by atoms with Crippen LogP contribution in [0.15, 0.2) is 0 Å². The highest BCUT2D eigenvalue weighted by Crippen LogP contribution is 2.51. The molecule has 0 aromatic carbocycles. The molecular weight excluding hydrogens is 198 g/mol. The molecule has 0 spiro atoms. The summed E-state index contributed by atoms with van der Waals surface area (Å²) in [5, 5.41) is 9.86. The van der Waals surface area contributed by atoms with Crippen molar-refractivity contribution in [2.75, 3.05) is 0 Å². The number of fused-ring (bicyclic) bond motifs is 1. The number of aliphatic hydroxyl groups is 1. The van der Waals surface area contributed by atoms with Crippen LogP contribution in [0.5, 0.6) is 0 Å². The van der Waals surface area contributed by atoms with E-state index in [-0.39, 0.29) is 11.6 Å². The average molecular weight is 225 g/mol. The molecule has 0 bridgehead atoms. The van der Waals surface area contributed by atoms with Crippen molar-refractivity contribution in [2.24, 2.45) is 11.3 Å². The van der Waals surface area contributed by atoms with Gasteiger partial charge >= 0.3 is 0 Å². The van der Waals surface area contributed by atoms with Gasteiger partial charge in [-0.05, 0) is 39.0 Å². The second-order valence-corrected chi connectivity index (χ2v) is 7.73. The van der Waals surface area contributed by atoms with E-state index in [2.05, 4.69) is 46.4 Å². The minimum Gasteiger partial charge on any atom is -0.393 e. The van der Waals surface area contributed by atoms with Crippen molar-refractivity contribution in [1.82, 2.24) is 4.90 Å². The van der Waals surface area contributed by atoms with Gasteiger partial charge in [-0.1, -0.05) is 20.8 Å². The first-order valence-corrected chi connectivity index (χ1v) is 6.59. The fourth-order valence-corrected chi connectivity index (χ4v) is 3.63. The lowest BCUT2D eigenvalue weighted by Gasteiger charge is -2.49. The first-order chi connectivity index (χ1) is 7.12. The Hall–Kier alpha value is -0.0800. The summed E-state index contributed by atoms with van der Waals surface area (Å²) in [5.41, 5.74) is 0.530. The first kappa shape index (κ1) is 12.4. The molecule has 0 aromatic rings. The number of rotatable bonds is 0. The molecule has 1 unspecified atom stereocenters. The number of hydrogen-bond donors (Lipinski definition) is 1. The zero-order valence-corrected chi connectivity index (χ0v) is 11.6. The van der Waals surface area contributed by atoms with Crippen molar-refractivity contribution in [3.8, 4) is 0 Å². The van der Waals surface area contributed by atoms with E-state index in [9.17, 15) is 5.11 Å². The highest BCUT2D eigenvalue weighted by atomic mass is 16.3. The molecule has 1 saturated heterocycles. The van der Waals surface area contributed by atoms with Crippen molar-refractivity contribution >= 4 is 0 Å². The summed E-state index contributed by atoms with van der Waals surface area (Å²) in [7, 11) is 0. The normalized spacial score (nSPS) is 40.7. The maximum Gasteiger partial charge on any atom is 0.0599 e. The predicted octanol–water partition coefficient (Wildman–Crippen LogP) is 2.65. The zero-order valence-electron chi connectivity index (χ0n) is 11.6. The van der Waals surface area contributed by atoms with Crippen molar-refractivity contribution in [3.05, 3.63) is 0 Å². The Balaban J connectivity index is 2.25. The molecular formula is C14H27NO. The van der Waals surface area contributed by atoms with Crippen molar-refractivity contribution in [2.45, 2.75) is 78.1 Å².